The van der Waals surface area contributed by atoms with Crippen molar-refractivity contribution in [1.29, 1.82) is 0 Å². The van der Waals surface area contributed by atoms with Crippen molar-refractivity contribution in [2.75, 3.05) is 23.7 Å². The summed E-state index contributed by atoms with van der Waals surface area (Å²) in [6.45, 7) is 1.77. The standard InChI is InChI=1S/C30H40N8O/c31-22-10-12-23(13-11-22)34-30-35-28(27-29(36-30)38(20-32-27)25-8-4-5-9-25)33-24-14-17-37(18-15-24)19-16-26(39)21-6-2-1-3-7-21/h1-3,6-7,16,19-20,22-25H,4-5,8-15,17-18,31H2,(H2,33,34,35,36)/b19-16+/t22-,23-. The highest BCUT2D eigenvalue weighted by Crippen LogP contribution is 2.34. The molecule has 0 radical (unpaired) electrons. The van der Waals surface area contributed by atoms with Crippen LogP contribution in [0.2, 0.25) is 0 Å². The number of hydrogen-bond donors (Lipinski definition) is 3. The molecule has 3 heterocycles. The van der Waals surface area contributed by atoms with Crippen molar-refractivity contribution in [1.82, 2.24) is 24.4 Å². The first-order chi connectivity index (χ1) is 19.1. The maximum atomic E-state index is 12.4. The number of ketones is 1. The van der Waals surface area contributed by atoms with Crippen LogP contribution in [0, 0.1) is 0 Å². The van der Waals surface area contributed by atoms with E-state index in [1.54, 1.807) is 6.08 Å². The summed E-state index contributed by atoms with van der Waals surface area (Å²) in [5.74, 6) is 1.54. The molecule has 1 aromatic carbocycles. The summed E-state index contributed by atoms with van der Waals surface area (Å²) in [5, 5.41) is 7.34. The number of carbonyl (C=O) groups is 1. The zero-order valence-corrected chi connectivity index (χ0v) is 22.6. The molecule has 3 fully saturated rings. The van der Waals surface area contributed by atoms with E-state index < -0.39 is 0 Å². The SMILES string of the molecule is N[C@H]1CC[C@H](Nc2nc(NC3CCN(/C=C/C(=O)c4ccccc4)CC3)c3ncn(C4CCCC4)c3n2)CC1. The average Bonchev–Trinajstić information content (AvgIpc) is 3.65. The molecule has 3 aliphatic rings. The number of aromatic nitrogens is 4. The van der Waals surface area contributed by atoms with Gasteiger partial charge in [0.1, 0.15) is 0 Å². The minimum absolute atomic E-state index is 0.0389. The number of imidazole rings is 1. The van der Waals surface area contributed by atoms with Crippen molar-refractivity contribution in [3.8, 4) is 0 Å². The lowest BCUT2D eigenvalue weighted by molar-refractivity contribution is 0.104. The van der Waals surface area contributed by atoms with Gasteiger partial charge in [0, 0.05) is 55.1 Å². The summed E-state index contributed by atoms with van der Waals surface area (Å²) < 4.78 is 2.27. The highest BCUT2D eigenvalue weighted by atomic mass is 16.1. The number of anilines is 2. The van der Waals surface area contributed by atoms with E-state index in [4.69, 9.17) is 20.7 Å². The second-order valence-electron chi connectivity index (χ2n) is 11.4. The molecule has 9 nitrogen and oxygen atoms in total. The van der Waals surface area contributed by atoms with E-state index in [0.29, 0.717) is 24.1 Å². The molecule has 0 amide bonds. The van der Waals surface area contributed by atoms with E-state index >= 15 is 0 Å². The topological polar surface area (TPSA) is 114 Å². The molecule has 39 heavy (non-hydrogen) atoms. The van der Waals surface area contributed by atoms with Crippen molar-refractivity contribution in [3.63, 3.8) is 0 Å². The number of nitrogens with zero attached hydrogens (tertiary/aromatic N) is 5. The number of fused-ring (bicyclic) bond motifs is 1. The van der Waals surface area contributed by atoms with Crippen LogP contribution in [0.5, 0.6) is 0 Å². The Labute approximate surface area is 230 Å². The van der Waals surface area contributed by atoms with E-state index in [9.17, 15) is 4.79 Å². The van der Waals surface area contributed by atoms with Gasteiger partial charge >= 0.3 is 0 Å². The number of likely N-dealkylation sites (tertiary alicyclic amines) is 1. The second-order valence-corrected chi connectivity index (χ2v) is 11.4. The highest BCUT2D eigenvalue weighted by Gasteiger charge is 2.25. The highest BCUT2D eigenvalue weighted by molar-refractivity contribution is 6.04. The number of rotatable bonds is 8. The Morgan fingerprint density at radius 3 is 2.36 bits per heavy atom. The van der Waals surface area contributed by atoms with Gasteiger partial charge in [-0.25, -0.2) is 4.98 Å². The minimum atomic E-state index is 0.0389. The van der Waals surface area contributed by atoms with Crippen molar-refractivity contribution >= 4 is 28.7 Å². The maximum absolute atomic E-state index is 12.4. The van der Waals surface area contributed by atoms with Gasteiger partial charge in [0.2, 0.25) is 5.95 Å². The first kappa shape index (κ1) is 25.8. The summed E-state index contributed by atoms with van der Waals surface area (Å²) >= 11 is 0. The monoisotopic (exact) mass is 528 g/mol. The number of nitrogens with one attached hydrogen (secondary N) is 2. The lowest BCUT2D eigenvalue weighted by Crippen LogP contribution is -2.36. The van der Waals surface area contributed by atoms with Gasteiger partial charge in [-0.15, -0.1) is 0 Å². The molecule has 0 unspecified atom stereocenters. The summed E-state index contributed by atoms with van der Waals surface area (Å²) in [6.07, 6.45) is 16.6. The third-order valence-corrected chi connectivity index (χ3v) is 8.61. The van der Waals surface area contributed by atoms with Gasteiger partial charge in [-0.05, 0) is 51.4 Å². The first-order valence-electron chi connectivity index (χ1n) is 14.7. The fourth-order valence-corrected chi connectivity index (χ4v) is 6.24. The molecule has 2 saturated carbocycles. The largest absolute Gasteiger partial charge is 0.377 e. The van der Waals surface area contributed by atoms with Crippen LogP contribution in [0.25, 0.3) is 11.2 Å². The molecule has 9 heteroatoms. The van der Waals surface area contributed by atoms with Gasteiger partial charge in [0.05, 0.1) is 6.33 Å². The average molecular weight is 529 g/mol. The van der Waals surface area contributed by atoms with Crippen molar-refractivity contribution in [2.24, 2.45) is 5.73 Å². The Morgan fingerprint density at radius 2 is 1.62 bits per heavy atom. The summed E-state index contributed by atoms with van der Waals surface area (Å²) in [6, 6.07) is 10.8. The smallest absolute Gasteiger partial charge is 0.227 e. The summed E-state index contributed by atoms with van der Waals surface area (Å²) in [5.41, 5.74) is 8.63. The normalized spacial score (nSPS) is 23.1. The Kier molecular flexibility index (Phi) is 7.76. The van der Waals surface area contributed by atoms with Gasteiger partial charge in [0.25, 0.3) is 0 Å². The Hall–Kier alpha value is -3.46. The predicted molar refractivity (Wildman–Crippen MR) is 155 cm³/mol. The third-order valence-electron chi connectivity index (χ3n) is 8.61. The van der Waals surface area contributed by atoms with Gasteiger partial charge in [-0.1, -0.05) is 43.2 Å². The number of allylic oxidation sites excluding steroid dienone is 1. The van der Waals surface area contributed by atoms with E-state index in [0.717, 1.165) is 74.2 Å². The quantitative estimate of drug-likeness (QED) is 0.280. The summed E-state index contributed by atoms with van der Waals surface area (Å²) in [4.78, 5) is 29.4. The molecule has 2 aromatic heterocycles. The van der Waals surface area contributed by atoms with Gasteiger partial charge in [-0.3, -0.25) is 4.79 Å². The third kappa shape index (κ3) is 6.08. The molecule has 0 atom stereocenters. The number of benzene rings is 1. The van der Waals surface area contributed by atoms with Crippen molar-refractivity contribution in [2.45, 2.75) is 88.4 Å². The molecule has 0 spiro atoms. The van der Waals surface area contributed by atoms with Gasteiger partial charge < -0.3 is 25.8 Å². The number of nitrogens with two attached hydrogens (primary N) is 1. The molecular formula is C30H40N8O. The molecule has 1 aliphatic heterocycles. The van der Waals surface area contributed by atoms with Crippen LogP contribution in [0.15, 0.2) is 48.9 Å². The van der Waals surface area contributed by atoms with E-state index in [2.05, 4.69) is 20.1 Å². The molecule has 3 aromatic rings. The molecule has 1 saturated heterocycles. The molecular weight excluding hydrogens is 488 g/mol. The van der Waals surface area contributed by atoms with Crippen LogP contribution in [0.1, 0.15) is 80.6 Å². The van der Waals surface area contributed by atoms with E-state index in [1.807, 2.05) is 42.9 Å². The van der Waals surface area contributed by atoms with E-state index in [1.165, 1.54) is 25.7 Å². The fraction of sp³-hybridized carbons (Fsp3) is 0.533. The Bertz CT molecular complexity index is 1280. The first-order valence-corrected chi connectivity index (χ1v) is 14.7. The zero-order valence-electron chi connectivity index (χ0n) is 22.6. The van der Waals surface area contributed by atoms with Crippen LogP contribution >= 0.6 is 0 Å². The van der Waals surface area contributed by atoms with Gasteiger partial charge in [0.15, 0.2) is 22.8 Å². The van der Waals surface area contributed by atoms with Crippen LogP contribution in [-0.2, 0) is 0 Å². The molecule has 2 aliphatic carbocycles. The molecule has 4 N–H and O–H groups in total. The van der Waals surface area contributed by atoms with Crippen LogP contribution < -0.4 is 16.4 Å². The zero-order chi connectivity index (χ0) is 26.6. The summed E-state index contributed by atoms with van der Waals surface area (Å²) in [7, 11) is 0. The number of hydrogen-bond acceptors (Lipinski definition) is 8. The lowest BCUT2D eigenvalue weighted by atomic mass is 9.92. The second kappa shape index (κ2) is 11.7. The van der Waals surface area contributed by atoms with Gasteiger partial charge in [-0.2, -0.15) is 9.97 Å². The molecule has 206 valence electrons. The van der Waals surface area contributed by atoms with Crippen molar-refractivity contribution < 1.29 is 4.79 Å². The minimum Gasteiger partial charge on any atom is -0.377 e. The van der Waals surface area contributed by atoms with Crippen LogP contribution in [0.4, 0.5) is 11.8 Å². The molecule has 6 rings (SSSR count). The van der Waals surface area contributed by atoms with Crippen LogP contribution in [-0.4, -0.2) is 61.4 Å². The fourth-order valence-electron chi connectivity index (χ4n) is 6.24. The van der Waals surface area contributed by atoms with E-state index in [-0.39, 0.29) is 11.8 Å². The van der Waals surface area contributed by atoms with Crippen LogP contribution in [0.3, 0.4) is 0 Å². The lowest BCUT2D eigenvalue weighted by Gasteiger charge is -2.32. The number of piperidine rings is 1. The maximum Gasteiger partial charge on any atom is 0.227 e. The Balaban J connectivity index is 1.15. The Morgan fingerprint density at radius 1 is 0.897 bits per heavy atom. The molecule has 0 bridgehead atoms. The van der Waals surface area contributed by atoms with Crippen molar-refractivity contribution in [3.05, 3.63) is 54.5 Å². The predicted octanol–water partition coefficient (Wildman–Crippen LogP) is 4.90. The number of carbonyl (C=O) groups excluding carboxylic acids is 1.